The molecule has 0 saturated carbocycles. The monoisotopic (exact) mass is 239 g/mol. The number of hydrogen-bond donors (Lipinski definition) is 1. The number of nitrogens with zero attached hydrogens (tertiary/aromatic N) is 2. The van der Waals surface area contributed by atoms with Gasteiger partial charge in [0.2, 0.25) is 5.91 Å². The third kappa shape index (κ3) is 3.19. The van der Waals surface area contributed by atoms with Crippen LogP contribution in [0.3, 0.4) is 0 Å². The molecule has 0 aromatic carbocycles. The molecular formula is C13H25N3O. The van der Waals surface area contributed by atoms with Crippen molar-refractivity contribution in [3.63, 3.8) is 0 Å². The van der Waals surface area contributed by atoms with Crippen molar-refractivity contribution in [3.8, 4) is 0 Å². The average molecular weight is 239 g/mol. The van der Waals surface area contributed by atoms with Crippen molar-refractivity contribution in [1.82, 2.24) is 15.1 Å². The highest BCUT2D eigenvalue weighted by Gasteiger charge is 2.33. The van der Waals surface area contributed by atoms with Gasteiger partial charge in [-0.2, -0.15) is 0 Å². The molecule has 1 unspecified atom stereocenters. The van der Waals surface area contributed by atoms with E-state index in [1.807, 2.05) is 4.90 Å². The number of rotatable bonds is 4. The fourth-order valence-electron chi connectivity index (χ4n) is 2.83. The first-order valence-electron chi connectivity index (χ1n) is 7.06. The topological polar surface area (TPSA) is 35.6 Å². The van der Waals surface area contributed by atoms with Gasteiger partial charge in [0.15, 0.2) is 0 Å². The normalized spacial score (nSPS) is 26.4. The summed E-state index contributed by atoms with van der Waals surface area (Å²) < 4.78 is 0. The molecule has 2 rings (SSSR count). The minimum atomic E-state index is 0.180. The third-order valence-electron chi connectivity index (χ3n) is 3.88. The Morgan fingerprint density at radius 2 is 2.06 bits per heavy atom. The molecule has 1 atom stereocenters. The third-order valence-corrected chi connectivity index (χ3v) is 3.88. The summed E-state index contributed by atoms with van der Waals surface area (Å²) in [4.78, 5) is 16.9. The Hall–Kier alpha value is -0.610. The first-order valence-corrected chi connectivity index (χ1v) is 7.06. The van der Waals surface area contributed by atoms with Crippen LogP contribution in [0.2, 0.25) is 0 Å². The second-order valence-corrected chi connectivity index (χ2v) is 5.12. The van der Waals surface area contributed by atoms with Gasteiger partial charge < -0.3 is 10.2 Å². The van der Waals surface area contributed by atoms with Crippen molar-refractivity contribution >= 4 is 5.91 Å². The zero-order valence-electron chi connectivity index (χ0n) is 11.0. The summed E-state index contributed by atoms with van der Waals surface area (Å²) in [5.41, 5.74) is 0. The van der Waals surface area contributed by atoms with Gasteiger partial charge in [-0.3, -0.25) is 9.69 Å². The van der Waals surface area contributed by atoms with E-state index in [-0.39, 0.29) is 6.04 Å². The first-order chi connectivity index (χ1) is 8.33. The van der Waals surface area contributed by atoms with Gasteiger partial charge in [-0.1, -0.05) is 13.3 Å². The number of piperazine rings is 1. The predicted molar refractivity (Wildman–Crippen MR) is 69.0 cm³/mol. The molecule has 0 bridgehead atoms. The molecule has 2 heterocycles. The lowest BCUT2D eigenvalue weighted by molar-refractivity contribution is -0.136. The second-order valence-electron chi connectivity index (χ2n) is 5.12. The van der Waals surface area contributed by atoms with E-state index in [2.05, 4.69) is 17.1 Å². The molecule has 0 aliphatic carbocycles. The summed E-state index contributed by atoms with van der Waals surface area (Å²) >= 11 is 0. The number of carbonyl (C=O) groups is 1. The molecular weight excluding hydrogens is 214 g/mol. The molecule has 0 aromatic heterocycles. The predicted octanol–water partition coefficient (Wildman–Crippen LogP) is 0.683. The molecule has 2 aliphatic rings. The van der Waals surface area contributed by atoms with Crippen LogP contribution >= 0.6 is 0 Å². The highest BCUT2D eigenvalue weighted by molar-refractivity contribution is 5.82. The van der Waals surface area contributed by atoms with Crippen molar-refractivity contribution in [2.45, 2.75) is 38.6 Å². The fraction of sp³-hybridized carbons (Fsp3) is 0.923. The molecule has 2 aliphatic heterocycles. The number of amides is 1. The molecule has 4 heteroatoms. The summed E-state index contributed by atoms with van der Waals surface area (Å²) in [5, 5.41) is 3.30. The van der Waals surface area contributed by atoms with E-state index in [4.69, 9.17) is 0 Å². The van der Waals surface area contributed by atoms with Gasteiger partial charge in [0.1, 0.15) is 0 Å². The van der Waals surface area contributed by atoms with Crippen LogP contribution in [0, 0.1) is 0 Å². The van der Waals surface area contributed by atoms with Crippen molar-refractivity contribution in [2.75, 3.05) is 39.3 Å². The Morgan fingerprint density at radius 1 is 1.29 bits per heavy atom. The average Bonchev–Trinajstić information content (AvgIpc) is 2.84. The van der Waals surface area contributed by atoms with Gasteiger partial charge in [0.25, 0.3) is 0 Å². The van der Waals surface area contributed by atoms with E-state index in [1.54, 1.807) is 0 Å². The summed E-state index contributed by atoms with van der Waals surface area (Å²) in [6, 6.07) is 0.180. The first kappa shape index (κ1) is 12.8. The van der Waals surface area contributed by atoms with Gasteiger partial charge in [0, 0.05) is 26.2 Å². The zero-order valence-corrected chi connectivity index (χ0v) is 11.0. The fourth-order valence-corrected chi connectivity index (χ4v) is 2.83. The lowest BCUT2D eigenvalue weighted by Crippen LogP contribution is -2.52. The number of nitrogens with one attached hydrogen (secondary N) is 1. The summed E-state index contributed by atoms with van der Waals surface area (Å²) in [6.07, 6.45) is 4.68. The number of unbranched alkanes of at least 4 members (excludes halogenated alkanes) is 1. The van der Waals surface area contributed by atoms with Gasteiger partial charge >= 0.3 is 0 Å². The highest BCUT2D eigenvalue weighted by atomic mass is 16.2. The lowest BCUT2D eigenvalue weighted by atomic mass is 10.1. The zero-order chi connectivity index (χ0) is 12.1. The Bertz CT molecular complexity index is 251. The largest absolute Gasteiger partial charge is 0.339 e. The molecule has 1 N–H and O–H groups in total. The summed E-state index contributed by atoms with van der Waals surface area (Å²) in [7, 11) is 0. The molecule has 0 spiro atoms. The van der Waals surface area contributed by atoms with E-state index >= 15 is 0 Å². The van der Waals surface area contributed by atoms with Crippen LogP contribution in [0.5, 0.6) is 0 Å². The van der Waals surface area contributed by atoms with E-state index < -0.39 is 0 Å². The molecule has 1 amide bonds. The van der Waals surface area contributed by atoms with E-state index in [9.17, 15) is 4.79 Å². The Labute approximate surface area is 104 Å². The smallest absolute Gasteiger partial charge is 0.240 e. The van der Waals surface area contributed by atoms with Gasteiger partial charge in [0.05, 0.1) is 6.04 Å². The second kappa shape index (κ2) is 6.36. The molecule has 0 aromatic rings. The van der Waals surface area contributed by atoms with Crippen molar-refractivity contribution in [3.05, 3.63) is 0 Å². The van der Waals surface area contributed by atoms with Crippen LogP contribution in [0.25, 0.3) is 0 Å². The summed E-state index contributed by atoms with van der Waals surface area (Å²) in [5.74, 6) is 0.375. The van der Waals surface area contributed by atoms with Crippen LogP contribution in [-0.2, 0) is 4.79 Å². The number of hydrogen-bond acceptors (Lipinski definition) is 3. The molecule has 17 heavy (non-hydrogen) atoms. The van der Waals surface area contributed by atoms with E-state index in [1.165, 1.54) is 19.3 Å². The van der Waals surface area contributed by atoms with Crippen LogP contribution in [0.15, 0.2) is 0 Å². The van der Waals surface area contributed by atoms with E-state index in [0.29, 0.717) is 5.91 Å². The number of likely N-dealkylation sites (tertiary alicyclic amines) is 1. The Kier molecular flexibility index (Phi) is 4.80. The maximum absolute atomic E-state index is 12.4. The van der Waals surface area contributed by atoms with E-state index in [0.717, 1.165) is 45.7 Å². The van der Waals surface area contributed by atoms with Crippen molar-refractivity contribution < 1.29 is 4.79 Å². The standard InChI is InChI=1S/C13H25N3O/c1-2-3-8-15-9-4-5-12(15)13(17)16-10-6-14-7-11-16/h12,14H,2-11H2,1H3. The summed E-state index contributed by atoms with van der Waals surface area (Å²) in [6.45, 7) is 8.10. The van der Waals surface area contributed by atoms with Crippen LogP contribution in [0.1, 0.15) is 32.6 Å². The lowest BCUT2D eigenvalue weighted by Gasteiger charge is -2.32. The minimum Gasteiger partial charge on any atom is -0.339 e. The van der Waals surface area contributed by atoms with Gasteiger partial charge in [-0.05, 0) is 32.4 Å². The van der Waals surface area contributed by atoms with Crippen molar-refractivity contribution in [2.24, 2.45) is 0 Å². The molecule has 2 fully saturated rings. The van der Waals surface area contributed by atoms with Gasteiger partial charge in [-0.15, -0.1) is 0 Å². The SMILES string of the molecule is CCCCN1CCCC1C(=O)N1CCNCC1. The number of carbonyl (C=O) groups excluding carboxylic acids is 1. The molecule has 98 valence electrons. The molecule has 0 radical (unpaired) electrons. The van der Waals surface area contributed by atoms with Crippen LogP contribution in [0.4, 0.5) is 0 Å². The van der Waals surface area contributed by atoms with Crippen molar-refractivity contribution in [1.29, 1.82) is 0 Å². The molecule has 2 saturated heterocycles. The maximum Gasteiger partial charge on any atom is 0.240 e. The van der Waals surface area contributed by atoms with Crippen LogP contribution < -0.4 is 5.32 Å². The minimum absolute atomic E-state index is 0.180. The Balaban J connectivity index is 1.88. The molecule has 4 nitrogen and oxygen atoms in total. The quantitative estimate of drug-likeness (QED) is 0.784. The maximum atomic E-state index is 12.4. The van der Waals surface area contributed by atoms with Gasteiger partial charge in [-0.25, -0.2) is 0 Å². The highest BCUT2D eigenvalue weighted by Crippen LogP contribution is 2.20. The van der Waals surface area contributed by atoms with Crippen LogP contribution in [-0.4, -0.2) is 61.0 Å². The Morgan fingerprint density at radius 3 is 2.76 bits per heavy atom.